The number of rotatable bonds is 1. The fourth-order valence-corrected chi connectivity index (χ4v) is 4.08. The quantitative estimate of drug-likeness (QED) is 0.621. The number of aliphatic hydroxyl groups is 1. The number of hydrogen-bond donors (Lipinski definition) is 2. The number of piperidine rings is 2. The third-order valence-corrected chi connectivity index (χ3v) is 5.04. The van der Waals surface area contributed by atoms with Gasteiger partial charge < -0.3 is 10.8 Å². The van der Waals surface area contributed by atoms with Gasteiger partial charge >= 0.3 is 0 Å². The molecule has 4 nitrogen and oxygen atoms in total. The molecule has 0 aromatic heterocycles. The first-order valence-corrected chi connectivity index (χ1v) is 6.38. The number of hydrogen-bond acceptors (Lipinski definition) is 4. The second kappa shape index (κ2) is 3.19. The third-order valence-electron chi connectivity index (χ3n) is 5.04. The lowest BCUT2D eigenvalue weighted by molar-refractivity contribution is -0.149. The van der Waals surface area contributed by atoms with E-state index in [9.17, 15) is 5.11 Å². The van der Waals surface area contributed by atoms with E-state index in [2.05, 4.69) is 23.6 Å². The molecule has 4 bridgehead atoms. The van der Waals surface area contributed by atoms with Crippen molar-refractivity contribution in [3.05, 3.63) is 0 Å². The molecule has 4 aliphatic rings. The number of aliphatic hydroxyl groups excluding tert-OH is 1. The van der Waals surface area contributed by atoms with E-state index in [1.807, 2.05) is 0 Å². The molecule has 16 heavy (non-hydrogen) atoms. The van der Waals surface area contributed by atoms with Crippen LogP contribution in [-0.2, 0) is 0 Å². The van der Waals surface area contributed by atoms with Crippen molar-refractivity contribution < 1.29 is 5.11 Å². The Kier molecular flexibility index (Phi) is 2.19. The summed E-state index contributed by atoms with van der Waals surface area (Å²) in [5.74, 6) is 0.481. The number of fused-ring (bicyclic) bond motifs is 1. The molecule has 0 aliphatic carbocycles. The van der Waals surface area contributed by atoms with E-state index < -0.39 is 5.54 Å². The minimum absolute atomic E-state index is 0.0122. The van der Waals surface area contributed by atoms with Crippen LogP contribution in [0.5, 0.6) is 0 Å². The van der Waals surface area contributed by atoms with E-state index in [1.54, 1.807) is 0 Å². The zero-order chi connectivity index (χ0) is 11.6. The van der Waals surface area contributed by atoms with Crippen molar-refractivity contribution >= 4 is 0 Å². The van der Waals surface area contributed by atoms with E-state index >= 15 is 0 Å². The number of nitrogens with two attached hydrogens (primary N) is 1. The van der Waals surface area contributed by atoms with E-state index in [4.69, 9.17) is 5.73 Å². The molecule has 0 amide bonds. The van der Waals surface area contributed by atoms with Gasteiger partial charge in [-0.3, -0.25) is 9.80 Å². The van der Waals surface area contributed by atoms with Crippen molar-refractivity contribution in [2.45, 2.75) is 25.5 Å². The van der Waals surface area contributed by atoms with Crippen LogP contribution >= 0.6 is 0 Å². The van der Waals surface area contributed by atoms with Gasteiger partial charge in [-0.25, -0.2) is 0 Å². The average Bonchev–Trinajstić information content (AvgIpc) is 2.41. The van der Waals surface area contributed by atoms with Crippen LogP contribution in [0.15, 0.2) is 0 Å². The lowest BCUT2D eigenvalue weighted by Gasteiger charge is -2.59. The van der Waals surface area contributed by atoms with Gasteiger partial charge in [-0.05, 0) is 5.92 Å². The molecule has 4 fully saturated rings. The zero-order valence-corrected chi connectivity index (χ0v) is 10.3. The highest BCUT2D eigenvalue weighted by Gasteiger charge is 2.60. The van der Waals surface area contributed by atoms with Crippen LogP contribution in [0.3, 0.4) is 0 Å². The standard InChI is InChI=1S/C12H23N3O/c1-9(2)11-5-14-3-4-15(6-11)8-12(13,7-14)10(11)16/h9-10,16H,3-8,13H2,1-2H3. The topological polar surface area (TPSA) is 52.7 Å². The Morgan fingerprint density at radius 2 is 1.62 bits per heavy atom. The highest BCUT2D eigenvalue weighted by atomic mass is 16.3. The molecule has 3 atom stereocenters. The van der Waals surface area contributed by atoms with E-state index in [0.717, 1.165) is 39.3 Å². The zero-order valence-electron chi connectivity index (χ0n) is 10.3. The molecule has 4 rings (SSSR count). The predicted molar refractivity (Wildman–Crippen MR) is 63.1 cm³/mol. The highest BCUT2D eigenvalue weighted by Crippen LogP contribution is 2.46. The van der Waals surface area contributed by atoms with Crippen LogP contribution in [0.2, 0.25) is 0 Å². The maximum absolute atomic E-state index is 10.7. The van der Waals surface area contributed by atoms with Crippen LogP contribution in [0.4, 0.5) is 0 Å². The normalized spacial score (nSPS) is 55.7. The summed E-state index contributed by atoms with van der Waals surface area (Å²) in [6.45, 7) is 10.4. The van der Waals surface area contributed by atoms with Crippen molar-refractivity contribution in [1.82, 2.24) is 9.80 Å². The Morgan fingerprint density at radius 3 is 2.06 bits per heavy atom. The summed E-state index contributed by atoms with van der Waals surface area (Å²) in [7, 11) is 0. The van der Waals surface area contributed by atoms with Gasteiger partial charge in [0.2, 0.25) is 0 Å². The van der Waals surface area contributed by atoms with Crippen LogP contribution in [-0.4, -0.2) is 65.8 Å². The molecule has 0 aromatic carbocycles. The Labute approximate surface area is 97.4 Å². The Hall–Kier alpha value is -0.160. The predicted octanol–water partition coefficient (Wildman–Crippen LogP) is -0.668. The minimum Gasteiger partial charge on any atom is -0.390 e. The average molecular weight is 225 g/mol. The van der Waals surface area contributed by atoms with Gasteiger partial charge in [-0.15, -0.1) is 0 Å². The van der Waals surface area contributed by atoms with Crippen LogP contribution in [0.25, 0.3) is 0 Å². The molecule has 92 valence electrons. The Morgan fingerprint density at radius 1 is 1.12 bits per heavy atom. The summed E-state index contributed by atoms with van der Waals surface area (Å²) in [5, 5.41) is 10.7. The summed E-state index contributed by atoms with van der Waals surface area (Å²) in [5.41, 5.74) is 6.04. The monoisotopic (exact) mass is 225 g/mol. The summed E-state index contributed by atoms with van der Waals surface area (Å²) in [6.07, 6.45) is -0.342. The fourth-order valence-electron chi connectivity index (χ4n) is 4.08. The summed E-state index contributed by atoms with van der Waals surface area (Å²) < 4.78 is 0. The van der Waals surface area contributed by atoms with Gasteiger partial charge in [0.25, 0.3) is 0 Å². The molecule has 3 N–H and O–H groups in total. The second-order valence-electron chi connectivity index (χ2n) is 6.44. The lowest BCUT2D eigenvalue weighted by Crippen LogP contribution is -2.77. The molecular weight excluding hydrogens is 202 g/mol. The van der Waals surface area contributed by atoms with Crippen LogP contribution in [0, 0.1) is 11.3 Å². The van der Waals surface area contributed by atoms with Crippen molar-refractivity contribution in [3.63, 3.8) is 0 Å². The second-order valence-corrected chi connectivity index (χ2v) is 6.44. The lowest BCUT2D eigenvalue weighted by atomic mass is 9.61. The smallest absolute Gasteiger partial charge is 0.0827 e. The SMILES string of the molecule is CC(C)C12CN3CCN(CC(N)(C3)C1O)C2. The van der Waals surface area contributed by atoms with Gasteiger partial charge in [-0.1, -0.05) is 13.8 Å². The first-order valence-electron chi connectivity index (χ1n) is 6.38. The van der Waals surface area contributed by atoms with Crippen molar-refractivity contribution in [3.8, 4) is 0 Å². The van der Waals surface area contributed by atoms with Crippen LogP contribution < -0.4 is 5.73 Å². The molecule has 0 spiro atoms. The van der Waals surface area contributed by atoms with Gasteiger partial charge in [-0.2, -0.15) is 0 Å². The van der Waals surface area contributed by atoms with E-state index in [1.165, 1.54) is 0 Å². The van der Waals surface area contributed by atoms with Gasteiger partial charge in [0, 0.05) is 44.7 Å². The fraction of sp³-hybridized carbons (Fsp3) is 1.00. The first kappa shape index (κ1) is 11.0. The number of nitrogens with zero attached hydrogens (tertiary/aromatic N) is 2. The van der Waals surface area contributed by atoms with E-state index in [-0.39, 0.29) is 11.5 Å². The molecule has 4 aliphatic heterocycles. The molecule has 0 radical (unpaired) electrons. The molecule has 3 unspecified atom stereocenters. The molecule has 4 heteroatoms. The van der Waals surface area contributed by atoms with E-state index in [0.29, 0.717) is 5.92 Å². The third kappa shape index (κ3) is 1.24. The first-order chi connectivity index (χ1) is 7.46. The van der Waals surface area contributed by atoms with Crippen molar-refractivity contribution in [2.75, 3.05) is 39.3 Å². The van der Waals surface area contributed by atoms with Crippen molar-refractivity contribution in [1.29, 1.82) is 0 Å². The maximum atomic E-state index is 10.7. The van der Waals surface area contributed by atoms with Gasteiger partial charge in [0.1, 0.15) is 0 Å². The summed E-state index contributed by atoms with van der Waals surface area (Å²) in [4.78, 5) is 4.92. The Bertz CT molecular complexity index is 289. The van der Waals surface area contributed by atoms with Crippen molar-refractivity contribution in [2.24, 2.45) is 17.1 Å². The minimum atomic E-state index is -0.405. The molecule has 4 heterocycles. The highest BCUT2D eigenvalue weighted by molar-refractivity contribution is 5.16. The van der Waals surface area contributed by atoms with Gasteiger partial charge in [0.15, 0.2) is 0 Å². The van der Waals surface area contributed by atoms with Gasteiger partial charge in [0.05, 0.1) is 11.6 Å². The molecule has 0 aromatic rings. The van der Waals surface area contributed by atoms with Crippen LogP contribution in [0.1, 0.15) is 13.8 Å². The maximum Gasteiger partial charge on any atom is 0.0827 e. The molecule has 0 saturated carbocycles. The summed E-state index contributed by atoms with van der Waals surface area (Å²) >= 11 is 0. The summed E-state index contributed by atoms with van der Waals surface area (Å²) in [6, 6.07) is 0. The largest absolute Gasteiger partial charge is 0.390 e. The molecular formula is C12H23N3O. The Balaban J connectivity index is 2.06. The molecule has 4 saturated heterocycles.